The molecular weight excluding hydrogens is 853 g/mol. The Labute approximate surface area is 373 Å². The first kappa shape index (κ1) is 49.1. The van der Waals surface area contributed by atoms with E-state index >= 15 is 8.63 Å². The Bertz CT molecular complexity index is 2340. The summed E-state index contributed by atoms with van der Waals surface area (Å²) in [5.41, 5.74) is 4.39. The molecule has 19 heteroatoms. The number of carboxylic acid groups (broad SMARTS) is 1. The number of benzene rings is 1. The van der Waals surface area contributed by atoms with Gasteiger partial charge in [-0.05, 0) is 93.0 Å². The second kappa shape index (κ2) is 21.6. The van der Waals surface area contributed by atoms with Crippen molar-refractivity contribution in [2.24, 2.45) is 0 Å². The Morgan fingerprint density at radius 1 is 1.02 bits per heavy atom. The number of fused-ring (bicyclic) bond motifs is 2. The Morgan fingerprint density at radius 2 is 1.76 bits per heavy atom. The summed E-state index contributed by atoms with van der Waals surface area (Å²) < 4.78 is 75.5. The highest BCUT2D eigenvalue weighted by Crippen LogP contribution is 2.40. The molecule has 63 heavy (non-hydrogen) atoms. The van der Waals surface area contributed by atoms with Crippen LogP contribution in [-0.2, 0) is 24.5 Å². The minimum absolute atomic E-state index is 0.0808. The summed E-state index contributed by atoms with van der Waals surface area (Å²) in [6, 6.07) is 11.1. The lowest BCUT2D eigenvalue weighted by atomic mass is 9.88. The van der Waals surface area contributed by atoms with E-state index in [0.717, 1.165) is 56.3 Å². The number of nitrogens with zero attached hydrogens (tertiary/aromatic N) is 4. The van der Waals surface area contributed by atoms with Crippen LogP contribution in [0.3, 0.4) is 0 Å². The maximum Gasteiger partial charge on any atom is 0.737 e. The SMILES string of the molecule is Cc1cc(C=Cc2ccc(OCCCC(=O)N[C@@H](CS(=O)(=O)O)C(=O)NCCN(C)CCCCCC(=O)O)cc2)n2c1C=C1C(CCC[N+](C)(C)C)=CC(c3cccs3)=[N+]1[B-]2(F)F. The molecule has 4 N–H and O–H groups in total. The maximum absolute atomic E-state index is 16.9. The van der Waals surface area contributed by atoms with Crippen molar-refractivity contribution in [2.45, 2.75) is 64.3 Å². The summed E-state index contributed by atoms with van der Waals surface area (Å²) >= 11 is 1.45. The van der Waals surface area contributed by atoms with Crippen LogP contribution in [0.25, 0.3) is 18.2 Å². The van der Waals surface area contributed by atoms with Crippen molar-refractivity contribution in [3.05, 3.63) is 92.6 Å². The predicted octanol–water partition coefficient (Wildman–Crippen LogP) is 5.76. The number of aromatic nitrogens is 1. The van der Waals surface area contributed by atoms with Gasteiger partial charge in [0.2, 0.25) is 11.8 Å². The number of rotatable bonds is 25. The van der Waals surface area contributed by atoms with E-state index in [0.29, 0.717) is 54.5 Å². The summed E-state index contributed by atoms with van der Waals surface area (Å²) in [6.45, 7) is -0.0519. The van der Waals surface area contributed by atoms with Gasteiger partial charge in [-0.1, -0.05) is 30.7 Å². The highest BCUT2D eigenvalue weighted by Gasteiger charge is 2.54. The highest BCUT2D eigenvalue weighted by molar-refractivity contribution is 7.85. The summed E-state index contributed by atoms with van der Waals surface area (Å²) in [5, 5.41) is 15.6. The molecule has 14 nitrogen and oxygen atoms in total. The van der Waals surface area contributed by atoms with E-state index in [1.807, 2.05) is 48.5 Å². The zero-order valence-electron chi connectivity index (χ0n) is 36.7. The van der Waals surface area contributed by atoms with Gasteiger partial charge in [-0.25, -0.2) is 0 Å². The van der Waals surface area contributed by atoms with Crippen LogP contribution in [0.5, 0.6) is 5.75 Å². The lowest BCUT2D eigenvalue weighted by Gasteiger charge is -2.31. The second-order valence-electron chi connectivity index (χ2n) is 17.2. The van der Waals surface area contributed by atoms with Gasteiger partial charge in [-0.2, -0.15) is 8.42 Å². The van der Waals surface area contributed by atoms with Gasteiger partial charge in [0, 0.05) is 61.5 Å². The molecule has 2 aromatic heterocycles. The van der Waals surface area contributed by atoms with Gasteiger partial charge in [0.05, 0.1) is 39.2 Å². The Morgan fingerprint density at radius 3 is 2.43 bits per heavy atom. The largest absolute Gasteiger partial charge is 0.737 e. The number of carbonyl (C=O) groups is 3. The second-order valence-corrected chi connectivity index (χ2v) is 19.6. The topological polar surface area (TPSA) is 170 Å². The summed E-state index contributed by atoms with van der Waals surface area (Å²) in [5.74, 6) is -2.66. The molecule has 0 aliphatic carbocycles. The number of thiophene rings is 1. The highest BCUT2D eigenvalue weighted by atomic mass is 32.2. The first-order valence-electron chi connectivity index (χ1n) is 21.2. The lowest BCUT2D eigenvalue weighted by molar-refractivity contribution is -0.870. The van der Waals surface area contributed by atoms with E-state index in [-0.39, 0.29) is 32.4 Å². The van der Waals surface area contributed by atoms with Crippen LogP contribution in [0, 0.1) is 6.92 Å². The molecule has 0 bridgehead atoms. The predicted molar refractivity (Wildman–Crippen MR) is 244 cm³/mol. The van der Waals surface area contributed by atoms with Gasteiger partial charge in [0.1, 0.15) is 17.5 Å². The van der Waals surface area contributed by atoms with E-state index in [1.54, 1.807) is 42.5 Å². The third-order valence-electron chi connectivity index (χ3n) is 10.8. The van der Waals surface area contributed by atoms with Crippen molar-refractivity contribution in [3.63, 3.8) is 0 Å². The van der Waals surface area contributed by atoms with Crippen LogP contribution in [-0.4, -0.2) is 140 Å². The molecule has 0 unspecified atom stereocenters. The molecule has 5 rings (SSSR count). The number of halogens is 2. The molecule has 1 atom stereocenters. The van der Waals surface area contributed by atoms with Crippen LogP contribution in [0.4, 0.5) is 8.63 Å². The number of carboxylic acids is 1. The molecule has 0 spiro atoms. The number of nitrogens with one attached hydrogen (secondary N) is 2. The number of hydrogen-bond donors (Lipinski definition) is 4. The molecule has 2 amide bonds. The first-order valence-corrected chi connectivity index (χ1v) is 23.7. The van der Waals surface area contributed by atoms with E-state index in [2.05, 4.69) is 31.8 Å². The Hall–Kier alpha value is -4.95. The van der Waals surface area contributed by atoms with Gasteiger partial charge in [0.15, 0.2) is 11.4 Å². The summed E-state index contributed by atoms with van der Waals surface area (Å²) in [7, 11) is 3.62. The van der Waals surface area contributed by atoms with Crippen molar-refractivity contribution < 1.29 is 54.8 Å². The Balaban J connectivity index is 1.14. The molecule has 0 radical (unpaired) electrons. The smallest absolute Gasteiger partial charge is 0.494 e. The van der Waals surface area contributed by atoms with Crippen molar-refractivity contribution >= 4 is 70.1 Å². The first-order chi connectivity index (χ1) is 29.7. The van der Waals surface area contributed by atoms with E-state index in [4.69, 9.17) is 9.84 Å². The molecule has 2 aliphatic heterocycles. The summed E-state index contributed by atoms with van der Waals surface area (Å²) in [4.78, 5) is 38.8. The van der Waals surface area contributed by atoms with Gasteiger partial charge < -0.3 is 47.5 Å². The number of allylic oxidation sites excluding steroid dienone is 2. The van der Waals surface area contributed by atoms with Crippen LogP contribution in [0.1, 0.15) is 78.8 Å². The van der Waals surface area contributed by atoms with Crippen molar-refractivity contribution in [3.8, 4) is 5.75 Å². The van der Waals surface area contributed by atoms with Gasteiger partial charge in [0.25, 0.3) is 10.1 Å². The standard InChI is InChI=1S/C44H59BF2N6O8S2/c1-32-28-35(51-38(32)30-39-34(12-9-25-53(3,4)5)29-40(41-13-11-27-62-41)52(39)45(51,46)47)19-16-33-17-20-36(21-18-33)61-26-10-14-42(54)49-37(31-63(58,59)60)44(57)48-22-24-50(2)23-8-6-7-15-43(55)56/h11,13,16-21,27-30,37H,6-10,12,14-15,22-26,31H2,1-5H3,(H3-,48,49,54,55,56,57,58,59,60)/p+1/t37-/m0/s1. The normalized spacial score (nSPS) is 15.3. The molecular formula is C44H60BF2N6O8S2+. The number of likely N-dealkylation sites (N-methyl/N-ethyl adjacent to an activating group) is 1. The van der Waals surface area contributed by atoms with E-state index < -0.39 is 46.7 Å². The van der Waals surface area contributed by atoms with Crippen LogP contribution >= 0.6 is 11.3 Å². The molecule has 0 saturated carbocycles. The number of quaternary nitrogens is 1. The number of ether oxygens (including phenoxy) is 1. The number of hydrogen-bond acceptors (Lipinski definition) is 8. The number of carbonyl (C=O) groups excluding carboxylic acids is 2. The lowest BCUT2D eigenvalue weighted by Crippen LogP contribution is -2.51. The zero-order valence-corrected chi connectivity index (χ0v) is 38.3. The van der Waals surface area contributed by atoms with Crippen LogP contribution in [0.2, 0.25) is 0 Å². The van der Waals surface area contributed by atoms with Gasteiger partial charge >= 0.3 is 12.9 Å². The molecule has 0 saturated heterocycles. The van der Waals surface area contributed by atoms with Gasteiger partial charge in [-0.15, -0.1) is 11.3 Å². The third kappa shape index (κ3) is 14.3. The van der Waals surface area contributed by atoms with Crippen molar-refractivity contribution in [1.82, 2.24) is 20.0 Å². The average molecular weight is 914 g/mol. The van der Waals surface area contributed by atoms with Crippen LogP contribution in [0.15, 0.2) is 65.2 Å². The molecule has 3 aromatic rings. The molecule has 1 aromatic carbocycles. The minimum Gasteiger partial charge on any atom is -0.494 e. The van der Waals surface area contributed by atoms with Gasteiger partial charge in [-0.3, -0.25) is 18.9 Å². The number of aliphatic carboxylic acids is 1. The zero-order chi connectivity index (χ0) is 46.0. The number of unbranched alkanes of at least 4 members (excludes halogenated alkanes) is 2. The van der Waals surface area contributed by atoms with Crippen molar-refractivity contribution in [1.29, 1.82) is 0 Å². The fraction of sp³-hybridized carbons (Fsp3) is 0.455. The fourth-order valence-corrected chi connectivity index (χ4v) is 9.02. The van der Waals surface area contributed by atoms with E-state index in [9.17, 15) is 27.4 Å². The third-order valence-corrected chi connectivity index (χ3v) is 12.5. The minimum atomic E-state index is -4.59. The Kier molecular flexibility index (Phi) is 16.8. The average Bonchev–Trinajstić information content (AvgIpc) is 3.93. The van der Waals surface area contributed by atoms with Crippen LogP contribution < -0.4 is 15.4 Å². The molecule has 4 heterocycles. The molecule has 0 fully saturated rings. The van der Waals surface area contributed by atoms with Crippen molar-refractivity contribution in [2.75, 3.05) is 66.7 Å². The maximum atomic E-state index is 16.9. The number of amides is 2. The molecule has 342 valence electrons. The fourth-order valence-electron chi connectivity index (χ4n) is 7.63. The monoisotopic (exact) mass is 913 g/mol. The quantitative estimate of drug-likeness (QED) is 0.0358. The summed E-state index contributed by atoms with van der Waals surface area (Å²) in [6.07, 6.45) is 11.2. The number of aryl methyl sites for hydroxylation is 1. The molecule has 2 aliphatic rings. The van der Waals surface area contributed by atoms with E-state index in [1.165, 1.54) is 15.8 Å².